The fourth-order valence-electron chi connectivity index (χ4n) is 3.51. The Balaban J connectivity index is 1.29. The van der Waals surface area contributed by atoms with Gasteiger partial charge in [-0.05, 0) is 60.4 Å². The summed E-state index contributed by atoms with van der Waals surface area (Å²) in [5, 5.41) is 5.00. The molecule has 0 radical (unpaired) electrons. The monoisotopic (exact) mass is 439 g/mol. The number of nitrogens with one attached hydrogen (secondary N) is 1. The lowest BCUT2D eigenvalue weighted by atomic mass is 9.99. The number of carbonyl (C=O) groups is 2. The van der Waals surface area contributed by atoms with Crippen molar-refractivity contribution >= 4 is 28.3 Å². The normalized spacial score (nSPS) is 12.9. The summed E-state index contributed by atoms with van der Waals surface area (Å²) in [5.74, 6) is 0.186. The third-order valence-corrected chi connectivity index (χ3v) is 6.06. The minimum absolute atomic E-state index is 0.0892. The molecule has 0 bridgehead atoms. The standard InChI is InChI=1S/C23H22FN3O3S/c1-30-20-8-4-17-13-27(11-10-16(17)12-20)21(28)9-7-19-14-31-23(25-19)26-22(29)15-2-5-18(24)6-3-15/h2-6,8,12,14H,7,9-11,13H2,1H3,(H,25,26,29). The lowest BCUT2D eigenvalue weighted by molar-refractivity contribution is -0.132. The average molecular weight is 440 g/mol. The Kier molecular flexibility index (Phi) is 6.27. The second-order valence-corrected chi connectivity index (χ2v) is 8.16. The first-order valence-corrected chi connectivity index (χ1v) is 10.8. The van der Waals surface area contributed by atoms with Crippen LogP contribution in [-0.4, -0.2) is 35.4 Å². The van der Waals surface area contributed by atoms with Gasteiger partial charge in [0, 0.05) is 30.5 Å². The number of fused-ring (bicyclic) bond motifs is 1. The van der Waals surface area contributed by atoms with Gasteiger partial charge in [0.15, 0.2) is 5.13 Å². The molecule has 1 aliphatic heterocycles. The third-order valence-electron chi connectivity index (χ3n) is 5.25. The van der Waals surface area contributed by atoms with Crippen LogP contribution in [0, 0.1) is 5.82 Å². The molecule has 0 spiro atoms. The van der Waals surface area contributed by atoms with E-state index in [1.54, 1.807) is 7.11 Å². The number of methoxy groups -OCH3 is 1. The topological polar surface area (TPSA) is 71.5 Å². The molecule has 3 aromatic rings. The lowest BCUT2D eigenvalue weighted by Crippen LogP contribution is -2.36. The molecule has 2 amide bonds. The van der Waals surface area contributed by atoms with Crippen molar-refractivity contribution in [3.63, 3.8) is 0 Å². The summed E-state index contributed by atoms with van der Waals surface area (Å²) in [6, 6.07) is 11.3. The van der Waals surface area contributed by atoms with Gasteiger partial charge in [-0.2, -0.15) is 0 Å². The summed E-state index contributed by atoms with van der Waals surface area (Å²) in [7, 11) is 1.65. The van der Waals surface area contributed by atoms with Gasteiger partial charge in [-0.15, -0.1) is 11.3 Å². The number of rotatable bonds is 6. The highest BCUT2D eigenvalue weighted by Gasteiger charge is 2.21. The molecule has 1 aromatic heterocycles. The van der Waals surface area contributed by atoms with Gasteiger partial charge in [0.05, 0.1) is 12.8 Å². The zero-order chi connectivity index (χ0) is 21.8. The van der Waals surface area contributed by atoms with Crippen LogP contribution in [0.15, 0.2) is 47.8 Å². The SMILES string of the molecule is COc1ccc2c(c1)CCN(C(=O)CCc1csc(NC(=O)c3ccc(F)cc3)n1)C2. The van der Waals surface area contributed by atoms with Gasteiger partial charge >= 0.3 is 0 Å². The molecule has 8 heteroatoms. The number of thiazole rings is 1. The van der Waals surface area contributed by atoms with Crippen molar-refractivity contribution < 1.29 is 18.7 Å². The molecule has 0 aliphatic carbocycles. The van der Waals surface area contributed by atoms with Gasteiger partial charge in [0.1, 0.15) is 11.6 Å². The van der Waals surface area contributed by atoms with Crippen molar-refractivity contribution in [2.75, 3.05) is 19.0 Å². The maximum atomic E-state index is 13.0. The van der Waals surface area contributed by atoms with Crippen LogP contribution >= 0.6 is 11.3 Å². The van der Waals surface area contributed by atoms with Gasteiger partial charge in [0.2, 0.25) is 5.91 Å². The van der Waals surface area contributed by atoms with Crippen LogP contribution in [0.5, 0.6) is 5.75 Å². The van der Waals surface area contributed by atoms with Crippen LogP contribution in [0.4, 0.5) is 9.52 Å². The summed E-state index contributed by atoms with van der Waals surface area (Å²) in [5.41, 5.74) is 3.50. The van der Waals surface area contributed by atoms with Crippen LogP contribution < -0.4 is 10.1 Å². The molecule has 0 fully saturated rings. The second-order valence-electron chi connectivity index (χ2n) is 7.30. The summed E-state index contributed by atoms with van der Waals surface area (Å²) in [6.45, 7) is 1.29. The molecule has 4 rings (SSSR count). The van der Waals surface area contributed by atoms with Crippen molar-refractivity contribution in [1.29, 1.82) is 0 Å². The molecule has 0 unspecified atom stereocenters. The quantitative estimate of drug-likeness (QED) is 0.629. The highest BCUT2D eigenvalue weighted by molar-refractivity contribution is 7.14. The van der Waals surface area contributed by atoms with Crippen LogP contribution in [-0.2, 0) is 24.2 Å². The van der Waals surface area contributed by atoms with Crippen LogP contribution in [0.2, 0.25) is 0 Å². The minimum Gasteiger partial charge on any atom is -0.497 e. The van der Waals surface area contributed by atoms with E-state index in [1.807, 2.05) is 28.5 Å². The molecule has 2 heterocycles. The Morgan fingerprint density at radius 3 is 2.77 bits per heavy atom. The number of amides is 2. The Morgan fingerprint density at radius 2 is 2.00 bits per heavy atom. The number of aryl methyl sites for hydroxylation is 1. The number of aromatic nitrogens is 1. The van der Waals surface area contributed by atoms with E-state index in [0.717, 1.165) is 23.4 Å². The Bertz CT molecular complexity index is 1100. The summed E-state index contributed by atoms with van der Waals surface area (Å²) in [6.07, 6.45) is 1.68. The van der Waals surface area contributed by atoms with Gasteiger partial charge in [0.25, 0.3) is 5.91 Å². The van der Waals surface area contributed by atoms with E-state index in [-0.39, 0.29) is 11.8 Å². The van der Waals surface area contributed by atoms with Gasteiger partial charge in [-0.25, -0.2) is 9.37 Å². The van der Waals surface area contributed by atoms with E-state index in [9.17, 15) is 14.0 Å². The molecular formula is C23H22FN3O3S. The maximum absolute atomic E-state index is 13.0. The molecule has 0 saturated carbocycles. The predicted octanol–water partition coefficient (Wildman–Crippen LogP) is 4.06. The van der Waals surface area contributed by atoms with E-state index in [4.69, 9.17) is 4.74 Å². The molecule has 6 nitrogen and oxygen atoms in total. The van der Waals surface area contributed by atoms with E-state index in [1.165, 1.54) is 41.2 Å². The highest BCUT2D eigenvalue weighted by Crippen LogP contribution is 2.24. The molecule has 1 N–H and O–H groups in total. The maximum Gasteiger partial charge on any atom is 0.257 e. The lowest BCUT2D eigenvalue weighted by Gasteiger charge is -2.29. The summed E-state index contributed by atoms with van der Waals surface area (Å²) < 4.78 is 18.3. The fraction of sp³-hybridized carbons (Fsp3) is 0.261. The number of halogens is 1. The molecule has 160 valence electrons. The Labute approximate surface area is 183 Å². The number of benzene rings is 2. The molecule has 31 heavy (non-hydrogen) atoms. The van der Waals surface area contributed by atoms with E-state index in [2.05, 4.69) is 10.3 Å². The van der Waals surface area contributed by atoms with Gasteiger partial charge in [-0.3, -0.25) is 14.9 Å². The smallest absolute Gasteiger partial charge is 0.257 e. The van der Waals surface area contributed by atoms with Crippen molar-refractivity contribution in [3.05, 3.63) is 76.0 Å². The largest absolute Gasteiger partial charge is 0.497 e. The van der Waals surface area contributed by atoms with Crippen LogP contribution in [0.3, 0.4) is 0 Å². The summed E-state index contributed by atoms with van der Waals surface area (Å²) >= 11 is 1.30. The Morgan fingerprint density at radius 1 is 1.19 bits per heavy atom. The first-order chi connectivity index (χ1) is 15.0. The van der Waals surface area contributed by atoms with E-state index >= 15 is 0 Å². The second kappa shape index (κ2) is 9.26. The Hall–Kier alpha value is -3.26. The van der Waals surface area contributed by atoms with E-state index < -0.39 is 5.82 Å². The number of anilines is 1. The van der Waals surface area contributed by atoms with Crippen molar-refractivity contribution in [3.8, 4) is 5.75 Å². The average Bonchev–Trinajstić information content (AvgIpc) is 3.24. The van der Waals surface area contributed by atoms with Crippen LogP contribution in [0.25, 0.3) is 0 Å². The molecule has 0 saturated heterocycles. The molecule has 1 aliphatic rings. The van der Waals surface area contributed by atoms with Crippen molar-refractivity contribution in [1.82, 2.24) is 9.88 Å². The first-order valence-electron chi connectivity index (χ1n) is 9.96. The molecular weight excluding hydrogens is 417 g/mol. The number of hydrogen-bond acceptors (Lipinski definition) is 5. The minimum atomic E-state index is -0.394. The number of nitrogens with zero attached hydrogens (tertiary/aromatic N) is 2. The van der Waals surface area contributed by atoms with E-state index in [0.29, 0.717) is 36.6 Å². The first kappa shape index (κ1) is 21.0. The van der Waals surface area contributed by atoms with Gasteiger partial charge < -0.3 is 9.64 Å². The predicted molar refractivity (Wildman–Crippen MR) is 117 cm³/mol. The number of carbonyl (C=O) groups excluding carboxylic acids is 2. The number of ether oxygens (including phenoxy) is 1. The fourth-order valence-corrected chi connectivity index (χ4v) is 4.25. The third kappa shape index (κ3) is 5.08. The summed E-state index contributed by atoms with van der Waals surface area (Å²) in [4.78, 5) is 31.2. The van der Waals surface area contributed by atoms with Crippen LogP contribution in [0.1, 0.15) is 33.6 Å². The molecule has 0 atom stereocenters. The zero-order valence-electron chi connectivity index (χ0n) is 17.1. The number of hydrogen-bond donors (Lipinski definition) is 1. The van der Waals surface area contributed by atoms with Gasteiger partial charge in [-0.1, -0.05) is 6.07 Å². The van der Waals surface area contributed by atoms with Crippen molar-refractivity contribution in [2.45, 2.75) is 25.8 Å². The highest BCUT2D eigenvalue weighted by atomic mass is 32.1. The van der Waals surface area contributed by atoms with Crippen molar-refractivity contribution in [2.24, 2.45) is 0 Å². The molecule has 2 aromatic carbocycles. The zero-order valence-corrected chi connectivity index (χ0v) is 17.9.